The van der Waals surface area contributed by atoms with E-state index in [2.05, 4.69) is 26.0 Å². The Morgan fingerprint density at radius 3 is 2.81 bits per heavy atom. The Bertz CT molecular complexity index is 724. The zero-order valence-electron chi connectivity index (χ0n) is 16.4. The van der Waals surface area contributed by atoms with E-state index in [1.165, 1.54) is 0 Å². The van der Waals surface area contributed by atoms with Gasteiger partial charge in [-0.3, -0.25) is 14.5 Å². The van der Waals surface area contributed by atoms with Gasteiger partial charge >= 0.3 is 0 Å². The number of carbonyl (C=O) groups is 1. The second kappa shape index (κ2) is 11.0. The molecule has 1 aromatic heterocycles. The first-order valence-electron chi connectivity index (χ1n) is 9.37. The molecule has 0 saturated heterocycles. The maximum atomic E-state index is 11.9. The number of nitrogens with one attached hydrogen (secondary N) is 3. The summed E-state index contributed by atoms with van der Waals surface area (Å²) in [6.07, 6.45) is 5.23. The van der Waals surface area contributed by atoms with E-state index in [0.29, 0.717) is 18.9 Å². The van der Waals surface area contributed by atoms with E-state index in [0.717, 1.165) is 36.7 Å². The van der Waals surface area contributed by atoms with Crippen LogP contribution in [0.1, 0.15) is 32.3 Å². The summed E-state index contributed by atoms with van der Waals surface area (Å²) in [5.41, 5.74) is 1.90. The van der Waals surface area contributed by atoms with Crippen LogP contribution in [0.3, 0.4) is 0 Å². The number of aryl methyl sites for hydroxylation is 1. The molecular formula is C20H30N6O. The lowest BCUT2D eigenvalue weighted by atomic mass is 10.1. The van der Waals surface area contributed by atoms with Gasteiger partial charge in [-0.15, -0.1) is 0 Å². The Morgan fingerprint density at radius 2 is 2.11 bits per heavy atom. The molecule has 0 unspecified atom stereocenters. The van der Waals surface area contributed by atoms with Crippen molar-refractivity contribution in [3.8, 4) is 0 Å². The molecule has 1 amide bonds. The number of hydrogen-bond donors (Lipinski definition) is 3. The lowest BCUT2D eigenvalue weighted by molar-refractivity contribution is -0.116. The smallest absolute Gasteiger partial charge is 0.224 e. The number of guanidine groups is 1. The van der Waals surface area contributed by atoms with Gasteiger partial charge in [0.2, 0.25) is 5.91 Å². The van der Waals surface area contributed by atoms with Crippen LogP contribution in [0.4, 0.5) is 5.69 Å². The first kappa shape index (κ1) is 20.5. The van der Waals surface area contributed by atoms with E-state index in [4.69, 9.17) is 0 Å². The third-order valence-electron chi connectivity index (χ3n) is 3.90. The molecule has 0 spiro atoms. The third-order valence-corrected chi connectivity index (χ3v) is 3.90. The molecule has 7 heteroatoms. The Balaban J connectivity index is 1.75. The van der Waals surface area contributed by atoms with Gasteiger partial charge in [-0.2, -0.15) is 5.10 Å². The van der Waals surface area contributed by atoms with Gasteiger partial charge in [-0.05, 0) is 36.1 Å². The topological polar surface area (TPSA) is 83.3 Å². The van der Waals surface area contributed by atoms with Crippen LogP contribution in [0.25, 0.3) is 0 Å². The Kier molecular flexibility index (Phi) is 8.35. The highest BCUT2D eigenvalue weighted by Gasteiger charge is 2.06. The zero-order chi connectivity index (χ0) is 19.5. The molecule has 0 aliphatic rings. The number of amides is 1. The second-order valence-corrected chi connectivity index (χ2v) is 6.82. The summed E-state index contributed by atoms with van der Waals surface area (Å²) in [7, 11) is 1.76. The summed E-state index contributed by atoms with van der Waals surface area (Å²) in [5, 5.41) is 13.7. The van der Waals surface area contributed by atoms with Crippen molar-refractivity contribution in [2.75, 3.05) is 18.9 Å². The molecule has 0 aliphatic heterocycles. The molecule has 0 aliphatic carbocycles. The molecule has 0 saturated carbocycles. The fourth-order valence-electron chi connectivity index (χ4n) is 2.63. The number of rotatable bonds is 9. The third kappa shape index (κ3) is 7.94. The van der Waals surface area contributed by atoms with Crippen molar-refractivity contribution in [1.82, 2.24) is 20.4 Å². The van der Waals surface area contributed by atoms with Gasteiger partial charge in [0.25, 0.3) is 0 Å². The number of anilines is 1. The van der Waals surface area contributed by atoms with Gasteiger partial charge in [-0.1, -0.05) is 26.0 Å². The van der Waals surface area contributed by atoms with E-state index in [1.54, 1.807) is 13.2 Å². The summed E-state index contributed by atoms with van der Waals surface area (Å²) >= 11 is 0. The first-order chi connectivity index (χ1) is 13.1. The second-order valence-electron chi connectivity index (χ2n) is 6.82. The van der Waals surface area contributed by atoms with Crippen LogP contribution >= 0.6 is 0 Å². The van der Waals surface area contributed by atoms with Crippen LogP contribution in [0.5, 0.6) is 0 Å². The Morgan fingerprint density at radius 1 is 1.26 bits per heavy atom. The van der Waals surface area contributed by atoms with Crippen LogP contribution in [0.2, 0.25) is 0 Å². The molecule has 27 heavy (non-hydrogen) atoms. The zero-order valence-corrected chi connectivity index (χ0v) is 16.4. The van der Waals surface area contributed by atoms with Crippen molar-refractivity contribution < 1.29 is 4.79 Å². The summed E-state index contributed by atoms with van der Waals surface area (Å²) < 4.78 is 1.91. The lowest BCUT2D eigenvalue weighted by Gasteiger charge is -2.13. The highest BCUT2D eigenvalue weighted by atomic mass is 16.1. The van der Waals surface area contributed by atoms with Gasteiger partial charge < -0.3 is 16.0 Å². The number of carbonyl (C=O) groups excluding carboxylic acids is 1. The molecular weight excluding hydrogens is 340 g/mol. The van der Waals surface area contributed by atoms with E-state index >= 15 is 0 Å². The average molecular weight is 371 g/mol. The van der Waals surface area contributed by atoms with Crippen LogP contribution in [0, 0.1) is 5.92 Å². The van der Waals surface area contributed by atoms with Gasteiger partial charge in [0.1, 0.15) is 0 Å². The molecule has 0 bridgehead atoms. The Hall–Kier alpha value is -2.83. The summed E-state index contributed by atoms with van der Waals surface area (Å²) in [4.78, 5) is 16.2. The van der Waals surface area contributed by atoms with Crippen LogP contribution < -0.4 is 16.0 Å². The summed E-state index contributed by atoms with van der Waals surface area (Å²) in [6.45, 7) is 6.38. The fourth-order valence-corrected chi connectivity index (χ4v) is 2.63. The quantitative estimate of drug-likeness (QED) is 0.360. The van der Waals surface area contributed by atoms with Crippen LogP contribution in [0.15, 0.2) is 47.7 Å². The minimum absolute atomic E-state index is 0.0461. The predicted molar refractivity (Wildman–Crippen MR) is 110 cm³/mol. The molecule has 2 rings (SSSR count). The van der Waals surface area contributed by atoms with Gasteiger partial charge in [0.05, 0.1) is 0 Å². The minimum Gasteiger partial charge on any atom is -0.356 e. The lowest BCUT2D eigenvalue weighted by Crippen LogP contribution is -2.37. The van der Waals surface area contributed by atoms with E-state index in [1.807, 2.05) is 55.1 Å². The highest BCUT2D eigenvalue weighted by Crippen LogP contribution is 2.12. The number of hydrogen-bond acceptors (Lipinski definition) is 3. The summed E-state index contributed by atoms with van der Waals surface area (Å²) in [6, 6.07) is 9.78. The van der Waals surface area contributed by atoms with E-state index in [-0.39, 0.29) is 5.91 Å². The molecule has 7 nitrogen and oxygen atoms in total. The Labute approximate surface area is 161 Å². The van der Waals surface area contributed by atoms with Crippen molar-refractivity contribution in [1.29, 1.82) is 0 Å². The normalized spacial score (nSPS) is 11.5. The molecule has 3 N–H and O–H groups in total. The minimum atomic E-state index is 0.0461. The van der Waals surface area contributed by atoms with Gasteiger partial charge in [-0.25, -0.2) is 0 Å². The number of aromatic nitrogens is 2. The monoisotopic (exact) mass is 370 g/mol. The van der Waals surface area contributed by atoms with Crippen LogP contribution in [-0.4, -0.2) is 35.2 Å². The number of benzene rings is 1. The SMILES string of the molecule is CN=C(NCCCn1cccn1)NCc1cccc(NC(=O)CC(C)C)c1. The largest absolute Gasteiger partial charge is 0.356 e. The van der Waals surface area contributed by atoms with Crippen molar-refractivity contribution in [3.63, 3.8) is 0 Å². The van der Waals surface area contributed by atoms with Crippen molar-refractivity contribution in [2.24, 2.45) is 10.9 Å². The molecule has 0 fully saturated rings. The fraction of sp³-hybridized carbons (Fsp3) is 0.450. The molecule has 1 aromatic carbocycles. The number of aliphatic imine (C=N–C) groups is 1. The predicted octanol–water partition coefficient (Wildman–Crippen LogP) is 2.62. The van der Waals surface area contributed by atoms with Crippen molar-refractivity contribution >= 4 is 17.6 Å². The maximum Gasteiger partial charge on any atom is 0.224 e. The van der Waals surface area contributed by atoms with Gasteiger partial charge in [0, 0.05) is 51.2 Å². The molecule has 2 aromatic rings. The molecule has 0 atom stereocenters. The molecule has 146 valence electrons. The van der Waals surface area contributed by atoms with Crippen LogP contribution in [-0.2, 0) is 17.9 Å². The molecule has 1 heterocycles. The maximum absolute atomic E-state index is 11.9. The summed E-state index contributed by atoms with van der Waals surface area (Å²) in [5.74, 6) is 1.15. The van der Waals surface area contributed by atoms with Crippen molar-refractivity contribution in [3.05, 3.63) is 48.3 Å². The standard InChI is InChI=1S/C20H30N6O/c1-16(2)13-19(27)25-18-8-4-7-17(14-18)15-23-20(21-3)22-9-5-11-26-12-6-10-24-26/h4,6-8,10,12,14,16H,5,9,11,13,15H2,1-3H3,(H,25,27)(H2,21,22,23). The highest BCUT2D eigenvalue weighted by molar-refractivity contribution is 5.90. The van der Waals surface area contributed by atoms with E-state index < -0.39 is 0 Å². The number of nitrogens with zero attached hydrogens (tertiary/aromatic N) is 3. The average Bonchev–Trinajstić information content (AvgIpc) is 3.14. The van der Waals surface area contributed by atoms with Crippen molar-refractivity contribution in [2.45, 2.75) is 39.8 Å². The first-order valence-corrected chi connectivity index (χ1v) is 9.37. The van der Waals surface area contributed by atoms with Gasteiger partial charge in [0.15, 0.2) is 5.96 Å². The molecule has 0 radical (unpaired) electrons. The van der Waals surface area contributed by atoms with E-state index in [9.17, 15) is 4.79 Å².